The number of ether oxygens (including phenoxy) is 1. The molecule has 1 unspecified atom stereocenters. The van der Waals surface area contributed by atoms with Crippen LogP contribution in [-0.2, 0) is 10.0 Å². The summed E-state index contributed by atoms with van der Waals surface area (Å²) in [6.07, 6.45) is 1.95. The number of anilines is 1. The number of hydrogen-bond donors (Lipinski definition) is 2. The van der Waals surface area contributed by atoms with E-state index in [1.54, 1.807) is 18.2 Å². The highest BCUT2D eigenvalue weighted by molar-refractivity contribution is 7.92. The summed E-state index contributed by atoms with van der Waals surface area (Å²) < 4.78 is 32.1. The van der Waals surface area contributed by atoms with Crippen LogP contribution < -0.4 is 14.8 Å². The molecule has 1 heterocycles. The Bertz CT molecular complexity index is 557. The summed E-state index contributed by atoms with van der Waals surface area (Å²) in [5.74, 6) is 0.710. The number of nitrogens with one attached hydrogen (secondary N) is 2. The van der Waals surface area contributed by atoms with Gasteiger partial charge < -0.3 is 10.1 Å². The molecular weight excluding hydrogens is 300 g/mol. The summed E-state index contributed by atoms with van der Waals surface area (Å²) in [5, 5.41) is 3.68. The number of hydrogen-bond acceptors (Lipinski definition) is 4. The molecule has 0 radical (unpaired) electrons. The van der Waals surface area contributed by atoms with E-state index in [1.807, 2.05) is 0 Å². The van der Waals surface area contributed by atoms with E-state index in [-0.39, 0.29) is 11.7 Å². The van der Waals surface area contributed by atoms with E-state index in [1.165, 1.54) is 7.11 Å². The molecule has 1 aliphatic heterocycles. The first-order chi connectivity index (χ1) is 9.50. The van der Waals surface area contributed by atoms with E-state index in [0.29, 0.717) is 16.5 Å². The number of halogens is 1. The van der Waals surface area contributed by atoms with Crippen LogP contribution >= 0.6 is 11.6 Å². The molecule has 0 aromatic heterocycles. The quantitative estimate of drug-likeness (QED) is 0.872. The van der Waals surface area contributed by atoms with Gasteiger partial charge in [0, 0.05) is 5.02 Å². The van der Waals surface area contributed by atoms with Gasteiger partial charge in [0.15, 0.2) is 0 Å². The third-order valence-electron chi connectivity index (χ3n) is 3.28. The van der Waals surface area contributed by atoms with Crippen molar-refractivity contribution in [1.29, 1.82) is 0 Å². The lowest BCUT2D eigenvalue weighted by Crippen LogP contribution is -2.35. The van der Waals surface area contributed by atoms with Crippen molar-refractivity contribution in [3.05, 3.63) is 23.2 Å². The molecule has 2 N–H and O–H groups in total. The minimum atomic E-state index is -3.41. The molecule has 5 nitrogen and oxygen atoms in total. The maximum absolute atomic E-state index is 12.2. The highest BCUT2D eigenvalue weighted by Crippen LogP contribution is 2.29. The first-order valence-corrected chi connectivity index (χ1v) is 8.58. The molecule has 0 aliphatic carbocycles. The van der Waals surface area contributed by atoms with Gasteiger partial charge in [-0.3, -0.25) is 4.72 Å². The van der Waals surface area contributed by atoms with Crippen LogP contribution in [0.2, 0.25) is 5.02 Å². The first-order valence-electron chi connectivity index (χ1n) is 6.55. The Morgan fingerprint density at radius 2 is 2.30 bits per heavy atom. The van der Waals surface area contributed by atoms with Crippen molar-refractivity contribution in [1.82, 2.24) is 5.32 Å². The highest BCUT2D eigenvalue weighted by Gasteiger charge is 2.22. The highest BCUT2D eigenvalue weighted by atomic mass is 35.5. The smallest absolute Gasteiger partial charge is 0.233 e. The SMILES string of the molecule is COc1ccc(Cl)cc1NS(=O)(=O)CC1CCCNC1. The van der Waals surface area contributed by atoms with Gasteiger partial charge in [-0.15, -0.1) is 0 Å². The molecule has 0 saturated carbocycles. The van der Waals surface area contributed by atoms with Crippen LogP contribution in [0.5, 0.6) is 5.75 Å². The van der Waals surface area contributed by atoms with Crippen molar-refractivity contribution < 1.29 is 13.2 Å². The van der Waals surface area contributed by atoms with Gasteiger partial charge in [-0.2, -0.15) is 0 Å². The summed E-state index contributed by atoms with van der Waals surface area (Å²) in [5.41, 5.74) is 0.378. The van der Waals surface area contributed by atoms with Crippen LogP contribution in [0.15, 0.2) is 18.2 Å². The van der Waals surface area contributed by atoms with Crippen LogP contribution in [0.1, 0.15) is 12.8 Å². The lowest BCUT2D eigenvalue weighted by Gasteiger charge is -2.23. The predicted molar refractivity (Wildman–Crippen MR) is 81.0 cm³/mol. The fourth-order valence-corrected chi connectivity index (χ4v) is 4.00. The van der Waals surface area contributed by atoms with Gasteiger partial charge in [0.1, 0.15) is 5.75 Å². The number of piperidine rings is 1. The topological polar surface area (TPSA) is 67.4 Å². The Balaban J connectivity index is 2.09. The maximum atomic E-state index is 12.2. The molecule has 1 atom stereocenters. The lowest BCUT2D eigenvalue weighted by atomic mass is 10.0. The van der Waals surface area contributed by atoms with Crippen molar-refractivity contribution >= 4 is 27.3 Å². The number of benzene rings is 1. The molecule has 1 aromatic rings. The zero-order valence-electron chi connectivity index (χ0n) is 11.4. The second kappa shape index (κ2) is 6.65. The fourth-order valence-electron chi connectivity index (χ4n) is 2.35. The van der Waals surface area contributed by atoms with Gasteiger partial charge in [-0.05, 0) is 50.0 Å². The standard InChI is InChI=1S/C13H19ClN2O3S/c1-19-13-5-4-11(14)7-12(13)16-20(17,18)9-10-3-2-6-15-8-10/h4-5,7,10,15-16H,2-3,6,8-9H2,1H3. The summed E-state index contributed by atoms with van der Waals surface area (Å²) in [7, 11) is -1.92. The third kappa shape index (κ3) is 4.26. The van der Waals surface area contributed by atoms with Gasteiger partial charge in [0.25, 0.3) is 0 Å². The van der Waals surface area contributed by atoms with Gasteiger partial charge in [-0.1, -0.05) is 11.6 Å². The average Bonchev–Trinajstić information content (AvgIpc) is 2.39. The van der Waals surface area contributed by atoms with Crippen molar-refractivity contribution in [3.63, 3.8) is 0 Å². The fraction of sp³-hybridized carbons (Fsp3) is 0.538. The average molecular weight is 319 g/mol. The van der Waals surface area contributed by atoms with Crippen molar-refractivity contribution in [2.24, 2.45) is 5.92 Å². The molecule has 1 aromatic carbocycles. The number of rotatable bonds is 5. The zero-order valence-corrected chi connectivity index (χ0v) is 12.9. The Kier molecular flexibility index (Phi) is 5.12. The summed E-state index contributed by atoms with van der Waals surface area (Å²) in [6, 6.07) is 4.85. The van der Waals surface area contributed by atoms with E-state index >= 15 is 0 Å². The van der Waals surface area contributed by atoms with Gasteiger partial charge >= 0.3 is 0 Å². The largest absolute Gasteiger partial charge is 0.495 e. The van der Waals surface area contributed by atoms with E-state index in [9.17, 15) is 8.42 Å². The lowest BCUT2D eigenvalue weighted by molar-refractivity contribution is 0.404. The predicted octanol–water partition coefficient (Wildman–Crippen LogP) is 2.09. The minimum Gasteiger partial charge on any atom is -0.495 e. The van der Waals surface area contributed by atoms with Crippen molar-refractivity contribution in [3.8, 4) is 5.75 Å². The van der Waals surface area contributed by atoms with Crippen LogP contribution in [0.25, 0.3) is 0 Å². The molecule has 2 rings (SSSR count). The third-order valence-corrected chi connectivity index (χ3v) is 4.96. The molecule has 0 spiro atoms. The van der Waals surface area contributed by atoms with E-state index in [2.05, 4.69) is 10.0 Å². The molecular formula is C13H19ClN2O3S. The molecule has 7 heteroatoms. The van der Waals surface area contributed by atoms with Crippen LogP contribution in [0, 0.1) is 5.92 Å². The van der Waals surface area contributed by atoms with E-state index in [4.69, 9.17) is 16.3 Å². The van der Waals surface area contributed by atoms with Crippen LogP contribution in [0.4, 0.5) is 5.69 Å². The van der Waals surface area contributed by atoms with Gasteiger partial charge in [-0.25, -0.2) is 8.42 Å². The van der Waals surface area contributed by atoms with Crippen molar-refractivity contribution in [2.45, 2.75) is 12.8 Å². The molecule has 1 aliphatic rings. The Labute approximate surface area is 124 Å². The second-order valence-corrected chi connectivity index (χ2v) is 7.14. The Morgan fingerprint density at radius 3 is 2.95 bits per heavy atom. The molecule has 20 heavy (non-hydrogen) atoms. The molecule has 0 bridgehead atoms. The second-order valence-electron chi connectivity index (χ2n) is 4.94. The normalized spacial score (nSPS) is 19.6. The molecule has 1 saturated heterocycles. The number of methoxy groups -OCH3 is 1. The van der Waals surface area contributed by atoms with Gasteiger partial charge in [0.05, 0.1) is 18.6 Å². The van der Waals surface area contributed by atoms with Crippen LogP contribution in [0.3, 0.4) is 0 Å². The summed E-state index contributed by atoms with van der Waals surface area (Å²) >= 11 is 5.89. The molecule has 0 amide bonds. The summed E-state index contributed by atoms with van der Waals surface area (Å²) in [4.78, 5) is 0. The number of sulfonamides is 1. The maximum Gasteiger partial charge on any atom is 0.233 e. The monoisotopic (exact) mass is 318 g/mol. The molecule has 1 fully saturated rings. The van der Waals surface area contributed by atoms with Crippen molar-refractivity contribution in [2.75, 3.05) is 30.7 Å². The van der Waals surface area contributed by atoms with Crippen LogP contribution in [-0.4, -0.2) is 34.4 Å². The summed E-state index contributed by atoms with van der Waals surface area (Å²) in [6.45, 7) is 1.71. The zero-order chi connectivity index (χ0) is 14.6. The Hall–Kier alpha value is -0.980. The van der Waals surface area contributed by atoms with Gasteiger partial charge in [0.2, 0.25) is 10.0 Å². The minimum absolute atomic E-state index is 0.107. The van der Waals surface area contributed by atoms with E-state index in [0.717, 1.165) is 25.9 Å². The first kappa shape index (κ1) is 15.4. The molecule has 112 valence electrons. The van der Waals surface area contributed by atoms with E-state index < -0.39 is 10.0 Å². The Morgan fingerprint density at radius 1 is 1.50 bits per heavy atom.